The lowest BCUT2D eigenvalue weighted by Crippen LogP contribution is -2.38. The zero-order chi connectivity index (χ0) is 31.4. The van der Waals surface area contributed by atoms with Crippen LogP contribution in [0.3, 0.4) is 0 Å². The van der Waals surface area contributed by atoms with Gasteiger partial charge in [-0.1, -0.05) is 0 Å². The fourth-order valence-corrected chi connectivity index (χ4v) is 4.19. The average Bonchev–Trinajstić information content (AvgIpc) is 3.53. The Kier molecular flexibility index (Phi) is 8.24. The fourth-order valence-electron chi connectivity index (χ4n) is 4.19. The lowest BCUT2D eigenvalue weighted by atomic mass is 10.1. The maximum absolute atomic E-state index is 12.9. The van der Waals surface area contributed by atoms with Crippen LogP contribution in [0.1, 0.15) is 24.0 Å². The quantitative estimate of drug-likeness (QED) is 0.194. The zero-order valence-corrected chi connectivity index (χ0v) is 23.7. The number of likely N-dealkylation sites (N-methyl/N-ethyl adjacent to an activating group) is 1. The maximum Gasteiger partial charge on any atom is 0.328 e. The van der Waals surface area contributed by atoms with E-state index in [1.807, 2.05) is 6.07 Å². The van der Waals surface area contributed by atoms with Crippen LogP contribution in [-0.2, 0) is 20.8 Å². The number of nitrogen functional groups attached to an aromatic ring is 1. The summed E-state index contributed by atoms with van der Waals surface area (Å²) < 4.78 is 17.8. The second kappa shape index (κ2) is 12.4. The van der Waals surface area contributed by atoms with Gasteiger partial charge in [0.05, 0.1) is 23.7 Å². The predicted molar refractivity (Wildman–Crippen MR) is 156 cm³/mol. The van der Waals surface area contributed by atoms with E-state index in [1.165, 1.54) is 23.1 Å². The smallest absolute Gasteiger partial charge is 0.328 e. The summed E-state index contributed by atoms with van der Waals surface area (Å²) in [4.78, 5) is 54.2. The number of nitrogens with one attached hydrogen (secondary N) is 2. The number of nitrogens with two attached hydrogens (primary N) is 2. The molecule has 15 heteroatoms. The molecule has 2 aromatic heterocycles. The summed E-state index contributed by atoms with van der Waals surface area (Å²) in [6.45, 7) is 0. The molecule has 2 aromatic carbocycles. The Hall–Kier alpha value is -6.17. The zero-order valence-electron chi connectivity index (χ0n) is 23.7. The van der Waals surface area contributed by atoms with Crippen molar-refractivity contribution in [1.82, 2.24) is 24.8 Å². The summed E-state index contributed by atoms with van der Waals surface area (Å²) in [5, 5.41) is 12.0. The monoisotopic (exact) mass is 597 g/mol. The fraction of sp³-hybridized carbons (Fsp3) is 0.207. The van der Waals surface area contributed by atoms with Crippen molar-refractivity contribution < 1.29 is 28.6 Å². The standard InChI is InChI=1S/C29H27N9O6/c1-38(2)23(40)12-16-9-17(25-33-7-8-34-25)13-18(10-16)42-27-24-28(43-20(26(41)35-24)5-6-22(32)39)37-29(36-27)44-21-11-15(14-30)3-4-19(21)31/h3-4,7-11,13,20H,5-6,12,31H2,1-2H3,(H2,32,39)(H,33,34)(H,35,41). The van der Waals surface area contributed by atoms with Crippen molar-refractivity contribution >= 4 is 29.1 Å². The van der Waals surface area contributed by atoms with E-state index in [0.717, 1.165) is 0 Å². The minimum absolute atomic E-state index is 0.00259. The molecule has 0 aliphatic carbocycles. The minimum atomic E-state index is -1.08. The highest BCUT2D eigenvalue weighted by Gasteiger charge is 2.33. The van der Waals surface area contributed by atoms with Crippen molar-refractivity contribution in [2.45, 2.75) is 25.4 Å². The predicted octanol–water partition coefficient (Wildman–Crippen LogP) is 2.50. The number of aromatic nitrogens is 4. The van der Waals surface area contributed by atoms with Crippen LogP contribution in [-0.4, -0.2) is 62.8 Å². The summed E-state index contributed by atoms with van der Waals surface area (Å²) in [6, 6.07) is 11.3. The van der Waals surface area contributed by atoms with Gasteiger partial charge in [-0.25, -0.2) is 4.98 Å². The first-order valence-corrected chi connectivity index (χ1v) is 13.3. The van der Waals surface area contributed by atoms with Crippen LogP contribution in [0.15, 0.2) is 48.8 Å². The summed E-state index contributed by atoms with van der Waals surface area (Å²) in [6.07, 6.45) is 2.14. The van der Waals surface area contributed by atoms with Crippen molar-refractivity contribution in [3.05, 3.63) is 59.9 Å². The van der Waals surface area contributed by atoms with Gasteiger partial charge in [-0.2, -0.15) is 15.2 Å². The van der Waals surface area contributed by atoms with Crippen molar-refractivity contribution in [2.75, 3.05) is 25.1 Å². The van der Waals surface area contributed by atoms with Crippen molar-refractivity contribution in [3.8, 4) is 46.7 Å². The Morgan fingerprint density at radius 2 is 1.98 bits per heavy atom. The summed E-state index contributed by atoms with van der Waals surface area (Å²) >= 11 is 0. The first-order chi connectivity index (χ1) is 21.1. The largest absolute Gasteiger partial charge is 0.462 e. The average molecular weight is 598 g/mol. The Balaban J connectivity index is 1.57. The third-order valence-corrected chi connectivity index (χ3v) is 6.42. The number of anilines is 2. The molecule has 0 spiro atoms. The second-order valence-corrected chi connectivity index (χ2v) is 9.93. The molecule has 0 fully saturated rings. The van der Waals surface area contributed by atoms with Crippen LogP contribution >= 0.6 is 0 Å². The molecule has 5 rings (SSSR count). The van der Waals surface area contributed by atoms with Crippen LogP contribution in [0.25, 0.3) is 11.4 Å². The number of ether oxygens (including phenoxy) is 3. The summed E-state index contributed by atoms with van der Waals surface area (Å²) in [5.74, 6) is -0.661. The van der Waals surface area contributed by atoms with Gasteiger partial charge in [-0.05, 0) is 35.9 Å². The number of nitrogens with zero attached hydrogens (tertiary/aromatic N) is 5. The van der Waals surface area contributed by atoms with E-state index in [9.17, 15) is 19.6 Å². The molecule has 4 aromatic rings. The first kappa shape index (κ1) is 29.3. The SMILES string of the molecule is CN(C)C(=O)Cc1cc(Oc2nc(Oc3cc(C#N)ccc3N)nc3c2NC(=O)C(CCC(N)=O)O3)cc(-c2ncc[nH]2)c1. The molecule has 6 N–H and O–H groups in total. The Bertz CT molecular complexity index is 1780. The van der Waals surface area contributed by atoms with E-state index in [1.54, 1.807) is 44.7 Å². The number of hydrogen-bond acceptors (Lipinski definition) is 11. The van der Waals surface area contributed by atoms with E-state index >= 15 is 0 Å². The van der Waals surface area contributed by atoms with Crippen LogP contribution in [0.2, 0.25) is 0 Å². The van der Waals surface area contributed by atoms with Crippen molar-refractivity contribution in [2.24, 2.45) is 5.73 Å². The van der Waals surface area contributed by atoms with Gasteiger partial charge in [0.15, 0.2) is 17.5 Å². The van der Waals surface area contributed by atoms with Crippen LogP contribution < -0.4 is 31.0 Å². The third-order valence-electron chi connectivity index (χ3n) is 6.42. The second-order valence-electron chi connectivity index (χ2n) is 9.93. The number of fused-ring (bicyclic) bond motifs is 1. The Labute approximate surface area is 250 Å². The normalized spacial score (nSPS) is 13.6. The summed E-state index contributed by atoms with van der Waals surface area (Å²) in [7, 11) is 3.31. The molecule has 0 saturated carbocycles. The van der Waals surface area contributed by atoms with Gasteiger partial charge in [-0.3, -0.25) is 14.4 Å². The topological polar surface area (TPSA) is 224 Å². The van der Waals surface area contributed by atoms with Gasteiger partial charge < -0.3 is 40.9 Å². The molecule has 15 nitrogen and oxygen atoms in total. The highest BCUT2D eigenvalue weighted by molar-refractivity contribution is 5.99. The van der Waals surface area contributed by atoms with E-state index in [2.05, 4.69) is 25.3 Å². The molecule has 0 radical (unpaired) electrons. The van der Waals surface area contributed by atoms with E-state index < -0.39 is 17.9 Å². The summed E-state index contributed by atoms with van der Waals surface area (Å²) in [5.41, 5.74) is 13.1. The van der Waals surface area contributed by atoms with E-state index in [4.69, 9.17) is 25.7 Å². The van der Waals surface area contributed by atoms with Gasteiger partial charge in [0, 0.05) is 51.0 Å². The molecule has 44 heavy (non-hydrogen) atoms. The molecule has 1 atom stereocenters. The molecule has 1 unspecified atom stereocenters. The number of imidazole rings is 1. The Morgan fingerprint density at radius 1 is 1.16 bits per heavy atom. The van der Waals surface area contributed by atoms with Gasteiger partial charge in [0.2, 0.25) is 17.7 Å². The van der Waals surface area contributed by atoms with Crippen LogP contribution in [0.5, 0.6) is 29.3 Å². The molecular weight excluding hydrogens is 570 g/mol. The number of H-pyrrole nitrogens is 1. The first-order valence-electron chi connectivity index (χ1n) is 13.3. The van der Waals surface area contributed by atoms with Crippen molar-refractivity contribution in [3.63, 3.8) is 0 Å². The van der Waals surface area contributed by atoms with Gasteiger partial charge in [0.1, 0.15) is 11.6 Å². The van der Waals surface area contributed by atoms with Crippen molar-refractivity contribution in [1.29, 1.82) is 5.26 Å². The van der Waals surface area contributed by atoms with Gasteiger partial charge >= 0.3 is 6.01 Å². The molecule has 1 aliphatic rings. The number of hydrogen-bond donors (Lipinski definition) is 4. The highest BCUT2D eigenvalue weighted by Crippen LogP contribution is 2.41. The third kappa shape index (κ3) is 6.65. The highest BCUT2D eigenvalue weighted by atomic mass is 16.5. The number of aromatic amines is 1. The van der Waals surface area contributed by atoms with Gasteiger partial charge in [-0.15, -0.1) is 0 Å². The molecule has 0 bridgehead atoms. The number of rotatable bonds is 10. The lowest BCUT2D eigenvalue weighted by Gasteiger charge is -2.26. The van der Waals surface area contributed by atoms with Crippen LogP contribution in [0, 0.1) is 11.3 Å². The number of amides is 3. The van der Waals surface area contributed by atoms with E-state index in [-0.39, 0.29) is 71.4 Å². The van der Waals surface area contributed by atoms with E-state index in [0.29, 0.717) is 17.0 Å². The molecular formula is C29H27N9O6. The lowest BCUT2D eigenvalue weighted by molar-refractivity contribution is -0.128. The number of carbonyl (C=O) groups is 3. The van der Waals surface area contributed by atoms with Crippen LogP contribution in [0.4, 0.5) is 11.4 Å². The number of primary amides is 1. The molecule has 3 amide bonds. The Morgan fingerprint density at radius 3 is 2.68 bits per heavy atom. The minimum Gasteiger partial charge on any atom is -0.462 e. The molecule has 0 saturated heterocycles. The van der Waals surface area contributed by atoms with Gasteiger partial charge in [0.25, 0.3) is 11.8 Å². The number of benzene rings is 2. The number of nitriles is 1. The maximum atomic E-state index is 12.9. The molecule has 3 heterocycles. The molecule has 224 valence electrons. The number of carbonyl (C=O) groups excluding carboxylic acids is 3. The molecule has 1 aliphatic heterocycles.